The van der Waals surface area contributed by atoms with Crippen molar-refractivity contribution in [3.63, 3.8) is 0 Å². The molecule has 0 spiro atoms. The highest BCUT2D eigenvalue weighted by Gasteiger charge is 2.42. The number of nitrogens with one attached hydrogen (secondary N) is 1. The van der Waals surface area contributed by atoms with Crippen molar-refractivity contribution in [2.75, 3.05) is 26.3 Å². The fourth-order valence-corrected chi connectivity index (χ4v) is 3.88. The number of aromatic amines is 1. The molecule has 1 aliphatic heterocycles. The quantitative estimate of drug-likeness (QED) is 0.918. The van der Waals surface area contributed by atoms with Gasteiger partial charge in [0.15, 0.2) is 0 Å². The predicted octanol–water partition coefficient (Wildman–Crippen LogP) is 2.13. The first-order valence-corrected chi connectivity index (χ1v) is 7.78. The number of fused-ring (bicyclic) bond motifs is 1. The zero-order chi connectivity index (χ0) is 14.1. The van der Waals surface area contributed by atoms with Crippen molar-refractivity contribution in [2.45, 2.75) is 24.8 Å². The number of hydrogen-bond donors (Lipinski definition) is 1. The Kier molecular flexibility index (Phi) is 3.28. The van der Waals surface area contributed by atoms with Gasteiger partial charge in [-0.2, -0.15) is 5.10 Å². The molecule has 1 aromatic heterocycles. The Bertz CT molecular complexity index is 604. The molecular formula is C17H21N3O. The van der Waals surface area contributed by atoms with Gasteiger partial charge in [0.2, 0.25) is 0 Å². The first kappa shape index (κ1) is 13.0. The number of aryl methyl sites for hydroxylation is 1. The second-order valence-electron chi connectivity index (χ2n) is 6.05. The van der Waals surface area contributed by atoms with Gasteiger partial charge in [-0.05, 0) is 30.4 Å². The van der Waals surface area contributed by atoms with Crippen LogP contribution in [-0.4, -0.2) is 41.4 Å². The smallest absolute Gasteiger partial charge is 0.0594 e. The molecule has 1 unspecified atom stereocenters. The van der Waals surface area contributed by atoms with Gasteiger partial charge in [-0.3, -0.25) is 10.00 Å². The molecule has 0 saturated carbocycles. The van der Waals surface area contributed by atoms with Crippen molar-refractivity contribution in [1.29, 1.82) is 0 Å². The van der Waals surface area contributed by atoms with E-state index in [2.05, 4.69) is 45.4 Å². The van der Waals surface area contributed by atoms with Crippen LogP contribution in [0.4, 0.5) is 0 Å². The topological polar surface area (TPSA) is 41.1 Å². The van der Waals surface area contributed by atoms with Crippen molar-refractivity contribution in [3.8, 4) is 0 Å². The molecule has 1 atom stereocenters. The number of ether oxygens (including phenoxy) is 1. The van der Waals surface area contributed by atoms with Crippen molar-refractivity contribution in [1.82, 2.24) is 15.1 Å². The summed E-state index contributed by atoms with van der Waals surface area (Å²) in [6.07, 6.45) is 5.27. The molecule has 2 aromatic rings. The van der Waals surface area contributed by atoms with Gasteiger partial charge in [0.05, 0.1) is 24.9 Å². The number of hydrogen-bond acceptors (Lipinski definition) is 3. The summed E-state index contributed by atoms with van der Waals surface area (Å²) in [5.74, 6) is 0. The highest BCUT2D eigenvalue weighted by atomic mass is 16.5. The molecule has 1 N–H and O–H groups in total. The summed E-state index contributed by atoms with van der Waals surface area (Å²) >= 11 is 0. The van der Waals surface area contributed by atoms with Crippen LogP contribution < -0.4 is 0 Å². The van der Waals surface area contributed by atoms with Gasteiger partial charge < -0.3 is 4.74 Å². The van der Waals surface area contributed by atoms with E-state index in [1.165, 1.54) is 16.8 Å². The number of H-pyrrole nitrogens is 1. The van der Waals surface area contributed by atoms with E-state index in [1.54, 1.807) is 0 Å². The largest absolute Gasteiger partial charge is 0.379 e. The molecule has 4 heteroatoms. The lowest BCUT2D eigenvalue weighted by atomic mass is 9.74. The van der Waals surface area contributed by atoms with E-state index in [1.807, 2.05) is 6.20 Å². The van der Waals surface area contributed by atoms with Crippen LogP contribution in [0.3, 0.4) is 0 Å². The monoisotopic (exact) mass is 283 g/mol. The number of nitrogens with zero attached hydrogens (tertiary/aromatic N) is 2. The highest BCUT2D eigenvalue weighted by Crippen LogP contribution is 2.41. The number of rotatable bonds is 2. The van der Waals surface area contributed by atoms with Crippen LogP contribution in [0.25, 0.3) is 0 Å². The second-order valence-corrected chi connectivity index (χ2v) is 6.05. The highest BCUT2D eigenvalue weighted by molar-refractivity contribution is 5.33. The second kappa shape index (κ2) is 5.28. The lowest BCUT2D eigenvalue weighted by Crippen LogP contribution is -2.54. The minimum Gasteiger partial charge on any atom is -0.379 e. The summed E-state index contributed by atoms with van der Waals surface area (Å²) in [5, 5.41) is 7.40. The predicted molar refractivity (Wildman–Crippen MR) is 81.1 cm³/mol. The van der Waals surface area contributed by atoms with Gasteiger partial charge in [0.1, 0.15) is 0 Å². The molecule has 2 heterocycles. The summed E-state index contributed by atoms with van der Waals surface area (Å²) in [7, 11) is 0. The molecule has 0 amide bonds. The zero-order valence-corrected chi connectivity index (χ0v) is 12.2. The van der Waals surface area contributed by atoms with Crippen molar-refractivity contribution in [2.24, 2.45) is 0 Å². The minimum absolute atomic E-state index is 0.0991. The Morgan fingerprint density at radius 3 is 2.76 bits per heavy atom. The number of morpholine rings is 1. The van der Waals surface area contributed by atoms with Gasteiger partial charge in [-0.15, -0.1) is 0 Å². The van der Waals surface area contributed by atoms with E-state index in [0.29, 0.717) is 0 Å². The Labute approximate surface area is 125 Å². The van der Waals surface area contributed by atoms with Gasteiger partial charge in [-0.1, -0.05) is 30.3 Å². The lowest BCUT2D eigenvalue weighted by molar-refractivity contribution is -0.0313. The third-order valence-electron chi connectivity index (χ3n) is 5.01. The Hall–Kier alpha value is -1.65. The number of benzene rings is 1. The third-order valence-corrected chi connectivity index (χ3v) is 5.01. The summed E-state index contributed by atoms with van der Waals surface area (Å²) in [5.41, 5.74) is 4.22. The van der Waals surface area contributed by atoms with E-state index >= 15 is 0 Å². The standard InChI is InChI=1S/C17H21N3O/c1-2-4-15(5-3-1)17(20-8-10-21-11-9-20)7-6-16-14(12-17)13-18-19-16/h1-5,13H,6-12H2,(H,18,19). The third kappa shape index (κ3) is 2.19. The van der Waals surface area contributed by atoms with Crippen LogP contribution in [0.15, 0.2) is 36.5 Å². The van der Waals surface area contributed by atoms with Crippen LogP contribution in [0.5, 0.6) is 0 Å². The van der Waals surface area contributed by atoms with Crippen LogP contribution in [-0.2, 0) is 23.1 Å². The molecule has 21 heavy (non-hydrogen) atoms. The molecule has 1 fully saturated rings. The molecule has 1 saturated heterocycles. The van der Waals surface area contributed by atoms with E-state index in [0.717, 1.165) is 45.6 Å². The van der Waals surface area contributed by atoms with Gasteiger partial charge in [0.25, 0.3) is 0 Å². The van der Waals surface area contributed by atoms with Crippen molar-refractivity contribution >= 4 is 0 Å². The zero-order valence-electron chi connectivity index (χ0n) is 12.2. The summed E-state index contributed by atoms with van der Waals surface area (Å²) in [6.45, 7) is 3.71. The Morgan fingerprint density at radius 1 is 1.14 bits per heavy atom. The van der Waals surface area contributed by atoms with Gasteiger partial charge in [-0.25, -0.2) is 0 Å². The lowest BCUT2D eigenvalue weighted by Gasteiger charge is -2.48. The van der Waals surface area contributed by atoms with E-state index in [4.69, 9.17) is 4.74 Å². The van der Waals surface area contributed by atoms with Gasteiger partial charge in [0, 0.05) is 18.8 Å². The maximum atomic E-state index is 5.57. The normalized spacial score (nSPS) is 26.5. The van der Waals surface area contributed by atoms with E-state index in [-0.39, 0.29) is 5.54 Å². The van der Waals surface area contributed by atoms with Crippen LogP contribution in [0.2, 0.25) is 0 Å². The summed E-state index contributed by atoms with van der Waals surface area (Å²) in [6, 6.07) is 11.0. The number of aromatic nitrogens is 2. The average Bonchev–Trinajstić information content (AvgIpc) is 3.03. The molecule has 0 bridgehead atoms. The fourth-order valence-electron chi connectivity index (χ4n) is 3.88. The van der Waals surface area contributed by atoms with Crippen LogP contribution in [0.1, 0.15) is 23.2 Å². The molecule has 0 radical (unpaired) electrons. The SMILES string of the molecule is c1ccc(C2(N3CCOCC3)CCc3[nH]ncc3C2)cc1. The molecular weight excluding hydrogens is 262 g/mol. The molecule has 4 nitrogen and oxygen atoms in total. The van der Waals surface area contributed by atoms with Crippen molar-refractivity contribution < 1.29 is 4.74 Å². The van der Waals surface area contributed by atoms with Gasteiger partial charge >= 0.3 is 0 Å². The summed E-state index contributed by atoms with van der Waals surface area (Å²) in [4.78, 5) is 2.63. The van der Waals surface area contributed by atoms with Crippen molar-refractivity contribution in [3.05, 3.63) is 53.3 Å². The fraction of sp³-hybridized carbons (Fsp3) is 0.471. The Morgan fingerprint density at radius 2 is 1.95 bits per heavy atom. The summed E-state index contributed by atoms with van der Waals surface area (Å²) < 4.78 is 5.57. The molecule has 2 aliphatic rings. The Balaban J connectivity index is 1.76. The van der Waals surface area contributed by atoms with E-state index < -0.39 is 0 Å². The molecule has 1 aliphatic carbocycles. The first-order valence-electron chi connectivity index (χ1n) is 7.78. The van der Waals surface area contributed by atoms with Crippen LogP contribution >= 0.6 is 0 Å². The average molecular weight is 283 g/mol. The minimum atomic E-state index is 0.0991. The van der Waals surface area contributed by atoms with E-state index in [9.17, 15) is 0 Å². The molecule has 1 aromatic carbocycles. The maximum absolute atomic E-state index is 5.57. The maximum Gasteiger partial charge on any atom is 0.0594 e. The first-order chi connectivity index (χ1) is 10.4. The van der Waals surface area contributed by atoms with Crippen LogP contribution in [0, 0.1) is 0 Å². The molecule has 110 valence electrons. The molecule has 4 rings (SSSR count).